The van der Waals surface area contributed by atoms with Crippen LogP contribution in [0.1, 0.15) is 38.5 Å². The van der Waals surface area contributed by atoms with E-state index in [0.717, 1.165) is 0 Å². The van der Waals surface area contributed by atoms with Crippen molar-refractivity contribution >= 4 is 0 Å². The van der Waals surface area contributed by atoms with Crippen LogP contribution in [0, 0.1) is 0 Å². The van der Waals surface area contributed by atoms with Crippen LogP contribution in [-0.4, -0.2) is 31.5 Å². The molecule has 0 radical (unpaired) electrons. The third-order valence-electron chi connectivity index (χ3n) is 3.32. The minimum absolute atomic E-state index is 0.0434. The first-order chi connectivity index (χ1) is 6.86. The van der Waals surface area contributed by atoms with Gasteiger partial charge in [0.25, 0.3) is 0 Å². The van der Waals surface area contributed by atoms with Crippen LogP contribution in [-0.2, 0) is 4.74 Å². The number of hydrogen-bond acceptors (Lipinski definition) is 2. The fraction of sp³-hybridized carbons (Fsp3) is 1.00. The molecule has 2 fully saturated rings. The predicted octanol–water partition coefficient (Wildman–Crippen LogP) is 2.04. The minimum atomic E-state index is -0.793. The van der Waals surface area contributed by atoms with E-state index in [-0.39, 0.29) is 12.6 Å². The molecule has 1 aliphatic heterocycles. The highest BCUT2D eigenvalue weighted by atomic mass is 19.1. The Morgan fingerprint density at radius 3 is 2.29 bits per heavy atom. The number of ether oxygens (including phenoxy) is 1. The Balaban J connectivity index is 1.77. The van der Waals surface area contributed by atoms with Gasteiger partial charge in [-0.05, 0) is 12.8 Å². The van der Waals surface area contributed by atoms with Crippen LogP contribution >= 0.6 is 0 Å². The van der Waals surface area contributed by atoms with Crippen molar-refractivity contribution in [3.8, 4) is 0 Å². The zero-order valence-corrected chi connectivity index (χ0v) is 8.68. The topological polar surface area (TPSA) is 21.3 Å². The highest BCUT2D eigenvalue weighted by Crippen LogP contribution is 2.19. The fourth-order valence-corrected chi connectivity index (χ4v) is 2.43. The van der Waals surface area contributed by atoms with Crippen molar-refractivity contribution in [2.24, 2.45) is 0 Å². The molecular weight excluding hydrogens is 181 g/mol. The number of hydrogen-bond donors (Lipinski definition) is 1. The lowest BCUT2D eigenvalue weighted by molar-refractivity contribution is 0.172. The van der Waals surface area contributed by atoms with Crippen LogP contribution in [0.5, 0.6) is 0 Å². The van der Waals surface area contributed by atoms with Crippen molar-refractivity contribution in [1.82, 2.24) is 5.32 Å². The lowest BCUT2D eigenvalue weighted by Gasteiger charge is -2.21. The first-order valence-electron chi connectivity index (χ1n) is 5.84. The van der Waals surface area contributed by atoms with Gasteiger partial charge in [0, 0.05) is 6.04 Å². The van der Waals surface area contributed by atoms with Gasteiger partial charge in [-0.3, -0.25) is 0 Å². The van der Waals surface area contributed by atoms with Crippen LogP contribution < -0.4 is 5.32 Å². The van der Waals surface area contributed by atoms with Crippen LogP contribution in [0.4, 0.5) is 4.39 Å². The Morgan fingerprint density at radius 1 is 1.00 bits per heavy atom. The normalized spacial score (nSPS) is 35.8. The zero-order valence-electron chi connectivity index (χ0n) is 8.68. The third kappa shape index (κ3) is 2.67. The van der Waals surface area contributed by atoms with E-state index in [9.17, 15) is 4.39 Å². The molecule has 0 spiro atoms. The standard InChI is InChI=1S/C11H20FNO/c12-10-7-14-8-11(10)13-9-5-3-1-2-4-6-9/h9-11,13H,1-8H2/t10-,11-/m1/s1. The van der Waals surface area contributed by atoms with E-state index in [1.807, 2.05) is 0 Å². The van der Waals surface area contributed by atoms with Gasteiger partial charge < -0.3 is 10.1 Å². The first kappa shape index (κ1) is 10.4. The molecule has 82 valence electrons. The van der Waals surface area contributed by atoms with Crippen molar-refractivity contribution < 1.29 is 9.13 Å². The number of nitrogens with one attached hydrogen (secondary N) is 1. The second-order valence-corrected chi connectivity index (χ2v) is 4.52. The van der Waals surface area contributed by atoms with E-state index in [1.54, 1.807) is 0 Å². The molecule has 0 aromatic rings. The fourth-order valence-electron chi connectivity index (χ4n) is 2.43. The van der Waals surface area contributed by atoms with Crippen molar-refractivity contribution in [3.05, 3.63) is 0 Å². The summed E-state index contributed by atoms with van der Waals surface area (Å²) in [7, 11) is 0. The smallest absolute Gasteiger partial charge is 0.141 e. The zero-order chi connectivity index (χ0) is 9.80. The van der Waals surface area contributed by atoms with Crippen LogP contribution in [0.2, 0.25) is 0 Å². The molecule has 0 aromatic heterocycles. The molecular formula is C11H20FNO. The van der Waals surface area contributed by atoms with Gasteiger partial charge in [0.15, 0.2) is 0 Å². The Kier molecular flexibility index (Phi) is 3.76. The average Bonchev–Trinajstić information content (AvgIpc) is 2.44. The summed E-state index contributed by atoms with van der Waals surface area (Å²) in [6, 6.07) is 0.487. The first-order valence-corrected chi connectivity index (χ1v) is 5.84. The summed E-state index contributed by atoms with van der Waals surface area (Å²) in [5.74, 6) is 0. The Hall–Kier alpha value is -0.150. The van der Waals surface area contributed by atoms with Gasteiger partial charge in [-0.2, -0.15) is 0 Å². The molecule has 0 bridgehead atoms. The monoisotopic (exact) mass is 201 g/mol. The molecule has 0 amide bonds. The molecule has 1 aliphatic carbocycles. The van der Waals surface area contributed by atoms with E-state index in [0.29, 0.717) is 12.6 Å². The second kappa shape index (κ2) is 5.08. The van der Waals surface area contributed by atoms with Crippen LogP contribution in [0.25, 0.3) is 0 Å². The number of rotatable bonds is 2. The quantitative estimate of drug-likeness (QED) is 0.690. The number of halogens is 1. The predicted molar refractivity (Wildman–Crippen MR) is 54.1 cm³/mol. The van der Waals surface area contributed by atoms with E-state index in [2.05, 4.69) is 5.32 Å². The van der Waals surface area contributed by atoms with Crippen molar-refractivity contribution in [1.29, 1.82) is 0 Å². The van der Waals surface area contributed by atoms with Crippen molar-refractivity contribution in [2.75, 3.05) is 13.2 Å². The molecule has 14 heavy (non-hydrogen) atoms. The lowest BCUT2D eigenvalue weighted by Crippen LogP contribution is -2.43. The van der Waals surface area contributed by atoms with Gasteiger partial charge in [-0.25, -0.2) is 4.39 Å². The van der Waals surface area contributed by atoms with Gasteiger partial charge >= 0.3 is 0 Å². The highest BCUT2D eigenvalue weighted by Gasteiger charge is 2.29. The Morgan fingerprint density at radius 2 is 1.71 bits per heavy atom. The molecule has 0 unspecified atom stereocenters. The molecule has 2 atom stereocenters. The summed E-state index contributed by atoms with van der Waals surface area (Å²) in [4.78, 5) is 0. The maximum Gasteiger partial charge on any atom is 0.141 e. The molecule has 1 N–H and O–H groups in total. The molecule has 1 saturated carbocycles. The van der Waals surface area contributed by atoms with Gasteiger partial charge in [0.1, 0.15) is 6.17 Å². The second-order valence-electron chi connectivity index (χ2n) is 4.52. The van der Waals surface area contributed by atoms with E-state index < -0.39 is 6.17 Å². The lowest BCUT2D eigenvalue weighted by atomic mass is 10.1. The van der Waals surface area contributed by atoms with Gasteiger partial charge in [-0.1, -0.05) is 25.7 Å². The summed E-state index contributed by atoms with van der Waals surface area (Å²) in [6.07, 6.45) is 6.91. The van der Waals surface area contributed by atoms with Crippen LogP contribution in [0.15, 0.2) is 0 Å². The summed E-state index contributed by atoms with van der Waals surface area (Å²) in [5, 5.41) is 3.41. The highest BCUT2D eigenvalue weighted by molar-refractivity contribution is 4.85. The Bertz CT molecular complexity index is 169. The number of alkyl halides is 1. The average molecular weight is 201 g/mol. The summed E-state index contributed by atoms with van der Waals surface area (Å²) in [6.45, 7) is 0.835. The van der Waals surface area contributed by atoms with Crippen LogP contribution in [0.3, 0.4) is 0 Å². The molecule has 2 rings (SSSR count). The summed E-state index contributed by atoms with van der Waals surface area (Å²) < 4.78 is 18.4. The molecule has 1 heterocycles. The minimum Gasteiger partial charge on any atom is -0.377 e. The molecule has 1 saturated heterocycles. The maximum absolute atomic E-state index is 13.3. The summed E-state index contributed by atoms with van der Waals surface area (Å²) in [5.41, 5.74) is 0. The van der Waals surface area contributed by atoms with E-state index >= 15 is 0 Å². The van der Waals surface area contributed by atoms with E-state index in [4.69, 9.17) is 4.74 Å². The van der Waals surface area contributed by atoms with Gasteiger partial charge in [0.05, 0.1) is 19.3 Å². The molecule has 0 aromatic carbocycles. The SMILES string of the molecule is F[C@@H]1COC[C@H]1NC1CCCCCC1. The van der Waals surface area contributed by atoms with Crippen molar-refractivity contribution in [3.63, 3.8) is 0 Å². The molecule has 2 nitrogen and oxygen atoms in total. The van der Waals surface area contributed by atoms with Crippen molar-refractivity contribution in [2.45, 2.75) is 56.8 Å². The summed E-state index contributed by atoms with van der Waals surface area (Å²) >= 11 is 0. The Labute approximate surface area is 85.2 Å². The maximum atomic E-state index is 13.3. The molecule has 3 heteroatoms. The van der Waals surface area contributed by atoms with E-state index in [1.165, 1.54) is 38.5 Å². The third-order valence-corrected chi connectivity index (χ3v) is 3.32. The van der Waals surface area contributed by atoms with Gasteiger partial charge in [0.2, 0.25) is 0 Å². The largest absolute Gasteiger partial charge is 0.377 e. The van der Waals surface area contributed by atoms with Gasteiger partial charge in [-0.15, -0.1) is 0 Å². The molecule has 2 aliphatic rings.